The maximum Gasteiger partial charge on any atom is 0.185 e. The summed E-state index contributed by atoms with van der Waals surface area (Å²) in [4.78, 5) is 7.88. The third kappa shape index (κ3) is 5.13. The van der Waals surface area contributed by atoms with Crippen LogP contribution in [0.5, 0.6) is 0 Å². The van der Waals surface area contributed by atoms with Gasteiger partial charge in [0.15, 0.2) is 15.6 Å². The molecular weight excluding hydrogens is 452 g/mol. The molecule has 1 atom stereocenters. The molecule has 3 aromatic rings. The zero-order chi connectivity index (χ0) is 22.1. The van der Waals surface area contributed by atoms with E-state index < -0.39 is 15.6 Å². The molecule has 0 radical (unpaired) electrons. The van der Waals surface area contributed by atoms with Crippen LogP contribution in [0.3, 0.4) is 0 Å². The number of thioether (sulfide) groups is 1. The summed E-state index contributed by atoms with van der Waals surface area (Å²) >= 11 is 7.58. The van der Waals surface area contributed by atoms with Crippen LogP contribution in [0.25, 0.3) is 0 Å². The van der Waals surface area contributed by atoms with Crippen LogP contribution in [0.1, 0.15) is 5.56 Å². The number of rotatable bonds is 6. The maximum absolute atomic E-state index is 11.8. The standard InChI is InChI=1S/C23H21ClN2O3S2/c1-31(28,29)21-13-11-19(12-14-21)26-15-23(27,16-30-20-5-3-2-4-6-20)25-22(26)17-7-9-18(24)10-8-17/h2-14,27H,15-16H2,1H3. The summed E-state index contributed by atoms with van der Waals surface area (Å²) < 4.78 is 23.6. The van der Waals surface area contributed by atoms with E-state index in [1.54, 1.807) is 36.4 Å². The van der Waals surface area contributed by atoms with E-state index in [9.17, 15) is 13.5 Å². The molecule has 4 rings (SSSR count). The molecule has 1 N–H and O–H groups in total. The first-order valence-electron chi connectivity index (χ1n) is 9.57. The van der Waals surface area contributed by atoms with Gasteiger partial charge in [0, 0.05) is 33.2 Å². The zero-order valence-corrected chi connectivity index (χ0v) is 19.2. The van der Waals surface area contributed by atoms with Gasteiger partial charge in [-0.3, -0.25) is 0 Å². The Bertz CT molecular complexity index is 1200. The minimum absolute atomic E-state index is 0.246. The molecule has 0 fully saturated rings. The minimum atomic E-state index is -3.29. The van der Waals surface area contributed by atoms with Gasteiger partial charge < -0.3 is 10.0 Å². The lowest BCUT2D eigenvalue weighted by Crippen LogP contribution is -2.38. The van der Waals surface area contributed by atoms with Gasteiger partial charge in [-0.15, -0.1) is 11.8 Å². The summed E-state index contributed by atoms with van der Waals surface area (Å²) in [6.45, 7) is 0.253. The van der Waals surface area contributed by atoms with Crippen molar-refractivity contribution in [2.75, 3.05) is 23.5 Å². The Morgan fingerprint density at radius 2 is 1.68 bits per heavy atom. The molecule has 0 spiro atoms. The average Bonchev–Trinajstić information content (AvgIpc) is 3.11. The Kier molecular flexibility index (Phi) is 6.12. The molecular formula is C23H21ClN2O3S2. The van der Waals surface area contributed by atoms with Gasteiger partial charge in [0.1, 0.15) is 5.84 Å². The molecule has 0 bridgehead atoms. The molecule has 160 valence electrons. The number of β-amino-alcohol motifs (C(OH)–C–C–N with tert-alkyl or cyclic N) is 1. The van der Waals surface area contributed by atoms with E-state index in [0.717, 1.165) is 16.1 Å². The first-order chi connectivity index (χ1) is 14.7. The normalized spacial score (nSPS) is 18.8. The smallest absolute Gasteiger partial charge is 0.185 e. The summed E-state index contributed by atoms with van der Waals surface area (Å²) in [5.41, 5.74) is 0.268. The lowest BCUT2D eigenvalue weighted by atomic mass is 10.2. The number of benzene rings is 3. The van der Waals surface area contributed by atoms with Gasteiger partial charge in [-0.05, 0) is 60.7 Å². The van der Waals surface area contributed by atoms with Crippen molar-refractivity contribution < 1.29 is 13.5 Å². The Balaban J connectivity index is 1.66. The van der Waals surface area contributed by atoms with Crippen LogP contribution >= 0.6 is 23.4 Å². The molecule has 1 aliphatic heterocycles. The molecule has 31 heavy (non-hydrogen) atoms. The Hall–Kier alpha value is -2.32. The number of hydrogen-bond acceptors (Lipinski definition) is 6. The number of aliphatic hydroxyl groups is 1. The van der Waals surface area contributed by atoms with E-state index in [-0.39, 0.29) is 11.4 Å². The first-order valence-corrected chi connectivity index (χ1v) is 12.8. The number of halogens is 1. The van der Waals surface area contributed by atoms with Gasteiger partial charge >= 0.3 is 0 Å². The van der Waals surface area contributed by atoms with Crippen molar-refractivity contribution in [1.82, 2.24) is 0 Å². The molecule has 1 heterocycles. The van der Waals surface area contributed by atoms with Crippen LogP contribution in [0.4, 0.5) is 5.69 Å². The molecule has 0 amide bonds. The highest BCUT2D eigenvalue weighted by Gasteiger charge is 2.38. The first kappa shape index (κ1) is 21.9. The average molecular weight is 473 g/mol. The molecule has 0 aliphatic carbocycles. The SMILES string of the molecule is CS(=O)(=O)c1ccc(N2CC(O)(CSc3ccccc3)N=C2c2ccc(Cl)cc2)cc1. The van der Waals surface area contributed by atoms with Crippen molar-refractivity contribution in [3.63, 3.8) is 0 Å². The summed E-state index contributed by atoms with van der Waals surface area (Å²) in [6.07, 6.45) is 1.18. The topological polar surface area (TPSA) is 70.0 Å². The van der Waals surface area contributed by atoms with Crippen LogP contribution in [-0.2, 0) is 9.84 Å². The molecule has 1 unspecified atom stereocenters. The van der Waals surface area contributed by atoms with Crippen molar-refractivity contribution in [2.24, 2.45) is 4.99 Å². The van der Waals surface area contributed by atoms with Gasteiger partial charge in [-0.25, -0.2) is 13.4 Å². The number of anilines is 1. The van der Waals surface area contributed by atoms with E-state index in [0.29, 0.717) is 16.6 Å². The number of sulfone groups is 1. The number of nitrogens with zero attached hydrogens (tertiary/aromatic N) is 2. The summed E-state index contributed by atoms with van der Waals surface area (Å²) in [6, 6.07) is 23.7. The third-order valence-electron chi connectivity index (χ3n) is 4.87. The summed E-state index contributed by atoms with van der Waals surface area (Å²) in [5.74, 6) is 0.992. The fourth-order valence-corrected chi connectivity index (χ4v) is 4.98. The van der Waals surface area contributed by atoms with Crippen molar-refractivity contribution in [1.29, 1.82) is 0 Å². The quantitative estimate of drug-likeness (QED) is 0.535. The van der Waals surface area contributed by atoms with Crippen LogP contribution in [-0.4, -0.2) is 43.6 Å². The Morgan fingerprint density at radius 3 is 2.29 bits per heavy atom. The van der Waals surface area contributed by atoms with Crippen LogP contribution < -0.4 is 4.90 Å². The molecule has 8 heteroatoms. The molecule has 0 aromatic heterocycles. The van der Waals surface area contributed by atoms with Crippen molar-refractivity contribution in [3.05, 3.63) is 89.4 Å². The van der Waals surface area contributed by atoms with Gasteiger partial charge in [-0.2, -0.15) is 0 Å². The monoisotopic (exact) mass is 472 g/mol. The number of aliphatic imine (C=N–C) groups is 1. The molecule has 3 aromatic carbocycles. The van der Waals surface area contributed by atoms with Crippen molar-refractivity contribution in [3.8, 4) is 0 Å². The molecule has 0 saturated carbocycles. The Labute approximate surface area is 191 Å². The van der Waals surface area contributed by atoms with E-state index >= 15 is 0 Å². The van der Waals surface area contributed by atoms with Gasteiger partial charge in [0.2, 0.25) is 0 Å². The molecule has 1 aliphatic rings. The fraction of sp³-hybridized carbons (Fsp3) is 0.174. The van der Waals surface area contributed by atoms with Gasteiger partial charge in [0.25, 0.3) is 0 Å². The summed E-state index contributed by atoms with van der Waals surface area (Å²) in [5, 5.41) is 11.9. The highest BCUT2D eigenvalue weighted by Crippen LogP contribution is 2.33. The lowest BCUT2D eigenvalue weighted by Gasteiger charge is -2.24. The van der Waals surface area contributed by atoms with Crippen LogP contribution in [0.15, 0.2) is 93.6 Å². The predicted molar refractivity (Wildman–Crippen MR) is 127 cm³/mol. The van der Waals surface area contributed by atoms with E-state index in [2.05, 4.69) is 4.99 Å². The van der Waals surface area contributed by atoms with Crippen molar-refractivity contribution in [2.45, 2.75) is 15.5 Å². The van der Waals surface area contributed by atoms with Crippen LogP contribution in [0, 0.1) is 0 Å². The predicted octanol–water partition coefficient (Wildman–Crippen LogP) is 4.49. The fourth-order valence-electron chi connectivity index (χ4n) is 3.32. The van der Waals surface area contributed by atoms with E-state index in [1.165, 1.54) is 18.0 Å². The van der Waals surface area contributed by atoms with E-state index in [1.807, 2.05) is 47.4 Å². The highest BCUT2D eigenvalue weighted by atomic mass is 35.5. The summed E-state index contributed by atoms with van der Waals surface area (Å²) in [7, 11) is -3.29. The highest BCUT2D eigenvalue weighted by molar-refractivity contribution is 7.99. The third-order valence-corrected chi connectivity index (χ3v) is 7.47. The van der Waals surface area contributed by atoms with Gasteiger partial charge in [-0.1, -0.05) is 29.8 Å². The number of amidine groups is 1. The second kappa shape index (κ2) is 8.67. The zero-order valence-electron chi connectivity index (χ0n) is 16.8. The molecule has 0 saturated heterocycles. The minimum Gasteiger partial charge on any atom is -0.367 e. The lowest BCUT2D eigenvalue weighted by molar-refractivity contribution is 0.0931. The maximum atomic E-state index is 11.8. The second-order valence-corrected chi connectivity index (χ2v) is 10.9. The van der Waals surface area contributed by atoms with Crippen LogP contribution in [0.2, 0.25) is 5.02 Å². The van der Waals surface area contributed by atoms with E-state index in [4.69, 9.17) is 11.6 Å². The second-order valence-electron chi connectivity index (χ2n) is 7.38. The van der Waals surface area contributed by atoms with Crippen molar-refractivity contribution >= 4 is 44.7 Å². The van der Waals surface area contributed by atoms with Gasteiger partial charge in [0.05, 0.1) is 11.4 Å². The Morgan fingerprint density at radius 1 is 1.03 bits per heavy atom. The largest absolute Gasteiger partial charge is 0.367 e. The molecule has 5 nitrogen and oxygen atoms in total. The number of hydrogen-bond donors (Lipinski definition) is 1.